The van der Waals surface area contributed by atoms with Gasteiger partial charge in [0.2, 0.25) is 5.91 Å². The summed E-state index contributed by atoms with van der Waals surface area (Å²) in [6.45, 7) is 5.61. The van der Waals surface area contributed by atoms with Gasteiger partial charge in [0, 0.05) is 42.4 Å². The van der Waals surface area contributed by atoms with Gasteiger partial charge in [0.25, 0.3) is 5.91 Å². The van der Waals surface area contributed by atoms with Crippen molar-refractivity contribution >= 4 is 23.2 Å². The number of likely N-dealkylation sites (tertiary alicyclic amines) is 2. The zero-order valence-corrected chi connectivity index (χ0v) is 15.9. The number of hydrogen-bond donors (Lipinski definition) is 0. The van der Waals surface area contributed by atoms with Crippen molar-refractivity contribution in [1.82, 2.24) is 9.80 Å². The largest absolute Gasteiger partial charge is 0.342 e. The van der Waals surface area contributed by atoms with Crippen LogP contribution in [-0.4, -0.2) is 47.8 Å². The smallest absolute Gasteiger partial charge is 0.254 e. The van der Waals surface area contributed by atoms with Crippen LogP contribution in [0.4, 0.5) is 0 Å². The van der Waals surface area contributed by atoms with Crippen LogP contribution < -0.4 is 0 Å². The van der Waals surface area contributed by atoms with Crippen molar-refractivity contribution in [2.75, 3.05) is 26.2 Å². The van der Waals surface area contributed by atoms with E-state index < -0.39 is 0 Å². The predicted molar refractivity (Wildman–Crippen MR) is 99.9 cm³/mol. The van der Waals surface area contributed by atoms with E-state index in [0.29, 0.717) is 5.91 Å². The number of rotatable bonds is 2. The van der Waals surface area contributed by atoms with Gasteiger partial charge < -0.3 is 9.80 Å². The van der Waals surface area contributed by atoms with Crippen molar-refractivity contribution in [1.29, 1.82) is 0 Å². The lowest BCUT2D eigenvalue weighted by atomic mass is 9.88. The maximum Gasteiger partial charge on any atom is 0.254 e. The molecule has 1 aromatic heterocycles. The van der Waals surface area contributed by atoms with Gasteiger partial charge in [-0.25, -0.2) is 0 Å². The molecule has 1 atom stereocenters. The molecule has 0 bridgehead atoms. The summed E-state index contributed by atoms with van der Waals surface area (Å²) in [7, 11) is 0. The standard InChI is InChI=1S/C20H28N2O2S/c1-14-4-5-16-17(13-25-18(16)12-14)20(24)22-10-6-15(7-11-22)19(23)21-8-2-3-9-21/h13-15H,2-12H2,1H3. The number of nitrogens with zero attached hydrogens (tertiary/aromatic N) is 2. The van der Waals surface area contributed by atoms with Crippen LogP contribution in [0.2, 0.25) is 0 Å². The second kappa shape index (κ2) is 7.10. The topological polar surface area (TPSA) is 40.6 Å². The molecule has 4 rings (SSSR count). The third-order valence-corrected chi connectivity index (χ3v) is 7.23. The van der Waals surface area contributed by atoms with E-state index >= 15 is 0 Å². The minimum atomic E-state index is 0.124. The van der Waals surface area contributed by atoms with E-state index in [9.17, 15) is 9.59 Å². The zero-order chi connectivity index (χ0) is 17.4. The van der Waals surface area contributed by atoms with Gasteiger partial charge in [0.1, 0.15) is 0 Å². The molecule has 2 amide bonds. The van der Waals surface area contributed by atoms with E-state index in [0.717, 1.165) is 76.2 Å². The van der Waals surface area contributed by atoms with Crippen LogP contribution in [-0.2, 0) is 17.6 Å². The van der Waals surface area contributed by atoms with E-state index in [4.69, 9.17) is 0 Å². The lowest BCUT2D eigenvalue weighted by Crippen LogP contribution is -2.43. The maximum atomic E-state index is 13.0. The predicted octanol–water partition coefficient (Wildman–Crippen LogP) is 3.35. The molecule has 1 aliphatic carbocycles. The van der Waals surface area contributed by atoms with E-state index in [-0.39, 0.29) is 11.8 Å². The fourth-order valence-electron chi connectivity index (χ4n) is 4.55. The molecule has 4 nitrogen and oxygen atoms in total. The van der Waals surface area contributed by atoms with Crippen molar-refractivity contribution in [3.63, 3.8) is 0 Å². The maximum absolute atomic E-state index is 13.0. The molecule has 3 heterocycles. The fourth-order valence-corrected chi connectivity index (χ4v) is 5.79. The van der Waals surface area contributed by atoms with Crippen molar-refractivity contribution in [2.24, 2.45) is 11.8 Å². The van der Waals surface area contributed by atoms with Crippen LogP contribution in [0.1, 0.15) is 59.8 Å². The molecule has 2 saturated heterocycles. The van der Waals surface area contributed by atoms with E-state index in [1.165, 1.54) is 16.9 Å². The fraction of sp³-hybridized carbons (Fsp3) is 0.700. The Hall–Kier alpha value is -1.36. The molecule has 2 fully saturated rings. The number of thiophene rings is 1. The average Bonchev–Trinajstić information content (AvgIpc) is 3.30. The van der Waals surface area contributed by atoms with Crippen LogP contribution in [0.15, 0.2) is 5.38 Å². The van der Waals surface area contributed by atoms with Crippen LogP contribution in [0.3, 0.4) is 0 Å². The second-order valence-corrected chi connectivity index (χ2v) is 8.96. The summed E-state index contributed by atoms with van der Waals surface area (Å²) in [4.78, 5) is 31.0. The molecule has 25 heavy (non-hydrogen) atoms. The van der Waals surface area contributed by atoms with Crippen LogP contribution in [0.25, 0.3) is 0 Å². The molecule has 3 aliphatic rings. The molecule has 136 valence electrons. The molecule has 5 heteroatoms. The summed E-state index contributed by atoms with van der Waals surface area (Å²) in [5.41, 5.74) is 2.25. The molecular weight excluding hydrogens is 332 g/mol. The van der Waals surface area contributed by atoms with Gasteiger partial charge in [-0.05, 0) is 56.4 Å². The highest BCUT2D eigenvalue weighted by Crippen LogP contribution is 2.34. The summed E-state index contributed by atoms with van der Waals surface area (Å²) in [5, 5.41) is 2.08. The lowest BCUT2D eigenvalue weighted by Gasteiger charge is -2.33. The first kappa shape index (κ1) is 17.1. The zero-order valence-electron chi connectivity index (χ0n) is 15.1. The minimum absolute atomic E-state index is 0.124. The first-order valence-electron chi connectivity index (χ1n) is 9.80. The molecule has 0 radical (unpaired) electrons. The van der Waals surface area contributed by atoms with Crippen molar-refractivity contribution < 1.29 is 9.59 Å². The third kappa shape index (κ3) is 3.35. The molecule has 1 aromatic rings. The van der Waals surface area contributed by atoms with Crippen molar-refractivity contribution in [3.05, 3.63) is 21.4 Å². The Morgan fingerprint density at radius 2 is 1.76 bits per heavy atom. The number of piperidine rings is 1. The van der Waals surface area contributed by atoms with E-state index in [1.807, 2.05) is 9.80 Å². The minimum Gasteiger partial charge on any atom is -0.342 e. The summed E-state index contributed by atoms with van der Waals surface area (Å²) in [6.07, 6.45) is 7.30. The Morgan fingerprint density at radius 3 is 2.48 bits per heavy atom. The molecule has 0 aromatic carbocycles. The number of carbonyl (C=O) groups is 2. The Bertz CT molecular complexity index is 655. The van der Waals surface area contributed by atoms with Gasteiger partial charge >= 0.3 is 0 Å². The Balaban J connectivity index is 1.38. The Morgan fingerprint density at radius 1 is 1.04 bits per heavy atom. The summed E-state index contributed by atoms with van der Waals surface area (Å²) in [5.74, 6) is 1.38. The summed E-state index contributed by atoms with van der Waals surface area (Å²) < 4.78 is 0. The second-order valence-electron chi connectivity index (χ2n) is 8.00. The van der Waals surface area contributed by atoms with Crippen molar-refractivity contribution in [3.8, 4) is 0 Å². The normalized spacial score (nSPS) is 24.4. The molecule has 1 unspecified atom stereocenters. The molecule has 0 N–H and O–H groups in total. The number of fused-ring (bicyclic) bond motifs is 1. The Kier molecular flexibility index (Phi) is 4.85. The molecular formula is C20H28N2O2S. The first-order valence-corrected chi connectivity index (χ1v) is 10.7. The van der Waals surface area contributed by atoms with Gasteiger partial charge in [-0.3, -0.25) is 9.59 Å². The van der Waals surface area contributed by atoms with Crippen molar-refractivity contribution in [2.45, 2.75) is 51.9 Å². The number of amides is 2. The summed E-state index contributed by atoms with van der Waals surface area (Å²) in [6, 6.07) is 0. The molecule has 0 saturated carbocycles. The van der Waals surface area contributed by atoms with E-state index in [2.05, 4.69) is 12.3 Å². The summed E-state index contributed by atoms with van der Waals surface area (Å²) >= 11 is 1.76. The quantitative estimate of drug-likeness (QED) is 0.811. The first-order chi connectivity index (χ1) is 12.1. The highest BCUT2D eigenvalue weighted by Gasteiger charge is 2.33. The number of hydrogen-bond acceptors (Lipinski definition) is 3. The number of carbonyl (C=O) groups excluding carboxylic acids is 2. The van der Waals surface area contributed by atoms with Gasteiger partial charge in [-0.15, -0.1) is 11.3 Å². The SMILES string of the molecule is CC1CCc2c(C(=O)N3CCC(C(=O)N4CCCC4)CC3)csc2C1. The average molecular weight is 361 g/mol. The Labute approximate surface area is 154 Å². The van der Waals surface area contributed by atoms with Gasteiger partial charge in [0.15, 0.2) is 0 Å². The third-order valence-electron chi connectivity index (χ3n) is 6.18. The van der Waals surface area contributed by atoms with E-state index in [1.54, 1.807) is 11.3 Å². The highest BCUT2D eigenvalue weighted by molar-refractivity contribution is 7.10. The van der Waals surface area contributed by atoms with Gasteiger partial charge in [0.05, 0.1) is 5.56 Å². The monoisotopic (exact) mass is 360 g/mol. The van der Waals surface area contributed by atoms with Crippen LogP contribution in [0, 0.1) is 11.8 Å². The van der Waals surface area contributed by atoms with Crippen LogP contribution >= 0.6 is 11.3 Å². The van der Waals surface area contributed by atoms with Crippen LogP contribution in [0.5, 0.6) is 0 Å². The molecule has 2 aliphatic heterocycles. The highest BCUT2D eigenvalue weighted by atomic mass is 32.1. The molecule has 0 spiro atoms. The van der Waals surface area contributed by atoms with Gasteiger partial charge in [-0.1, -0.05) is 6.92 Å². The lowest BCUT2D eigenvalue weighted by molar-refractivity contribution is -0.135. The van der Waals surface area contributed by atoms with Gasteiger partial charge in [-0.2, -0.15) is 0 Å².